The zero-order valence-electron chi connectivity index (χ0n) is 12.0. The summed E-state index contributed by atoms with van der Waals surface area (Å²) in [5, 5.41) is 3.15. The molecule has 5 nitrogen and oxygen atoms in total. The summed E-state index contributed by atoms with van der Waals surface area (Å²) in [5.74, 6) is 0.763. The largest absolute Gasteiger partial charge is 0.496 e. The average Bonchev–Trinajstić information content (AvgIpc) is 2.53. The first-order valence-corrected chi connectivity index (χ1v) is 7.95. The Hall–Kier alpha value is -2.05. The van der Waals surface area contributed by atoms with Crippen LogP contribution in [0.4, 0.5) is 5.69 Å². The molecule has 0 saturated heterocycles. The first-order valence-electron chi connectivity index (χ1n) is 6.47. The zero-order chi connectivity index (χ0) is 15.3. The van der Waals surface area contributed by atoms with Gasteiger partial charge in [-0.05, 0) is 25.2 Å². The lowest BCUT2D eigenvalue weighted by Gasteiger charge is -2.13. The molecule has 0 atom stereocenters. The molecule has 0 spiro atoms. The number of nitrogens with one attached hydrogen (secondary N) is 2. The van der Waals surface area contributed by atoms with Gasteiger partial charge in [-0.3, -0.25) is 0 Å². The van der Waals surface area contributed by atoms with E-state index < -0.39 is 10.0 Å². The van der Waals surface area contributed by atoms with Gasteiger partial charge in [0.2, 0.25) is 10.0 Å². The highest BCUT2D eigenvalue weighted by atomic mass is 32.2. The monoisotopic (exact) mass is 306 g/mol. The summed E-state index contributed by atoms with van der Waals surface area (Å²) in [6.45, 7) is 0.472. The number of para-hydroxylation sites is 2. The molecule has 0 bridgehead atoms. The van der Waals surface area contributed by atoms with Gasteiger partial charge < -0.3 is 10.1 Å². The molecule has 2 N–H and O–H groups in total. The van der Waals surface area contributed by atoms with Crippen LogP contribution in [0.5, 0.6) is 5.75 Å². The summed E-state index contributed by atoms with van der Waals surface area (Å²) in [6.07, 6.45) is 0. The first-order chi connectivity index (χ1) is 10.1. The van der Waals surface area contributed by atoms with E-state index >= 15 is 0 Å². The molecule has 0 saturated carbocycles. The third-order valence-corrected chi connectivity index (χ3v) is 4.58. The normalized spacial score (nSPS) is 11.1. The Kier molecular flexibility index (Phi) is 4.82. The second kappa shape index (κ2) is 6.60. The predicted molar refractivity (Wildman–Crippen MR) is 83.0 cm³/mol. The highest BCUT2D eigenvalue weighted by Crippen LogP contribution is 2.23. The Morgan fingerprint density at radius 3 is 2.43 bits per heavy atom. The highest BCUT2D eigenvalue weighted by Gasteiger charge is 2.15. The van der Waals surface area contributed by atoms with Crippen LogP contribution in [0, 0.1) is 0 Å². The summed E-state index contributed by atoms with van der Waals surface area (Å²) in [6, 6.07) is 14.4. The number of rotatable bonds is 6. The number of methoxy groups -OCH3 is 1. The van der Waals surface area contributed by atoms with Crippen LogP contribution in [0.1, 0.15) is 5.56 Å². The molecule has 2 aromatic carbocycles. The van der Waals surface area contributed by atoms with Gasteiger partial charge in [0.05, 0.1) is 12.8 Å². The van der Waals surface area contributed by atoms with E-state index in [0.29, 0.717) is 12.2 Å². The van der Waals surface area contributed by atoms with Crippen molar-refractivity contribution in [2.75, 3.05) is 19.5 Å². The van der Waals surface area contributed by atoms with Crippen LogP contribution in [0.25, 0.3) is 0 Å². The van der Waals surface area contributed by atoms with Crippen LogP contribution in [-0.4, -0.2) is 22.6 Å². The van der Waals surface area contributed by atoms with Crippen LogP contribution in [-0.2, 0) is 16.6 Å². The molecule has 0 aliphatic rings. The minimum atomic E-state index is -3.49. The van der Waals surface area contributed by atoms with E-state index in [4.69, 9.17) is 4.74 Å². The van der Waals surface area contributed by atoms with Crippen LogP contribution < -0.4 is 14.8 Å². The molecule has 112 valence electrons. The second-order valence-corrected chi connectivity index (χ2v) is 6.22. The van der Waals surface area contributed by atoms with E-state index in [2.05, 4.69) is 10.0 Å². The molecule has 6 heteroatoms. The van der Waals surface area contributed by atoms with Crippen molar-refractivity contribution in [1.29, 1.82) is 0 Å². The number of hydrogen-bond donors (Lipinski definition) is 2. The van der Waals surface area contributed by atoms with Crippen molar-refractivity contribution in [2.24, 2.45) is 0 Å². The molecule has 0 aromatic heterocycles. The Labute approximate surface area is 125 Å². The van der Waals surface area contributed by atoms with Gasteiger partial charge in [-0.1, -0.05) is 30.3 Å². The Bertz CT molecular complexity index is 714. The van der Waals surface area contributed by atoms with Gasteiger partial charge >= 0.3 is 0 Å². The standard InChI is InChI=1S/C15H18N2O3S/c1-16-21(18,19)15-10-6-4-8-13(15)17-11-12-7-3-5-9-14(12)20-2/h3-10,16-17H,11H2,1-2H3. The van der Waals surface area contributed by atoms with E-state index in [1.165, 1.54) is 7.05 Å². The number of benzene rings is 2. The SMILES string of the molecule is CNS(=O)(=O)c1ccccc1NCc1ccccc1OC. The third-order valence-electron chi connectivity index (χ3n) is 3.11. The molecular weight excluding hydrogens is 288 g/mol. The average molecular weight is 306 g/mol. The Morgan fingerprint density at radius 1 is 1.05 bits per heavy atom. The molecule has 0 amide bonds. The lowest BCUT2D eigenvalue weighted by atomic mass is 10.2. The topological polar surface area (TPSA) is 67.4 Å². The first kappa shape index (κ1) is 15.3. The fourth-order valence-electron chi connectivity index (χ4n) is 2.00. The number of ether oxygens (including phenoxy) is 1. The van der Waals surface area contributed by atoms with Gasteiger partial charge in [0.1, 0.15) is 10.6 Å². The minimum absolute atomic E-state index is 0.224. The van der Waals surface area contributed by atoms with Crippen molar-refractivity contribution in [2.45, 2.75) is 11.4 Å². The van der Waals surface area contributed by atoms with E-state index in [9.17, 15) is 8.42 Å². The van der Waals surface area contributed by atoms with Crippen LogP contribution in [0.15, 0.2) is 53.4 Å². The van der Waals surface area contributed by atoms with Gasteiger partial charge in [0.25, 0.3) is 0 Å². The smallest absolute Gasteiger partial charge is 0.242 e. The maximum atomic E-state index is 12.0. The fraction of sp³-hybridized carbons (Fsp3) is 0.200. The van der Waals surface area contributed by atoms with Gasteiger partial charge in [-0.2, -0.15) is 0 Å². The molecule has 2 aromatic rings. The highest BCUT2D eigenvalue weighted by molar-refractivity contribution is 7.89. The number of anilines is 1. The summed E-state index contributed by atoms with van der Waals surface area (Å²) in [7, 11) is -0.488. The molecule has 2 rings (SSSR count). The van der Waals surface area contributed by atoms with Crippen molar-refractivity contribution < 1.29 is 13.2 Å². The van der Waals surface area contributed by atoms with E-state index in [1.54, 1.807) is 31.4 Å². The van der Waals surface area contributed by atoms with Crippen LogP contribution in [0.3, 0.4) is 0 Å². The lowest BCUT2D eigenvalue weighted by molar-refractivity contribution is 0.410. The van der Waals surface area contributed by atoms with Crippen LogP contribution in [0.2, 0.25) is 0 Å². The maximum Gasteiger partial charge on any atom is 0.242 e. The number of sulfonamides is 1. The van der Waals surface area contributed by atoms with Gasteiger partial charge in [0, 0.05) is 12.1 Å². The molecule has 0 unspecified atom stereocenters. The molecular formula is C15H18N2O3S. The summed E-state index contributed by atoms with van der Waals surface area (Å²) in [4.78, 5) is 0.224. The Morgan fingerprint density at radius 2 is 1.71 bits per heavy atom. The number of hydrogen-bond acceptors (Lipinski definition) is 4. The molecule has 21 heavy (non-hydrogen) atoms. The van der Waals surface area contributed by atoms with Crippen molar-refractivity contribution in [3.05, 3.63) is 54.1 Å². The Balaban J connectivity index is 2.25. The molecule has 0 fully saturated rings. The van der Waals surface area contributed by atoms with E-state index in [0.717, 1.165) is 11.3 Å². The minimum Gasteiger partial charge on any atom is -0.496 e. The quantitative estimate of drug-likeness (QED) is 0.858. The predicted octanol–water partition coefficient (Wildman–Crippen LogP) is 2.22. The lowest BCUT2D eigenvalue weighted by Crippen LogP contribution is -2.20. The third kappa shape index (κ3) is 3.53. The van der Waals surface area contributed by atoms with Crippen molar-refractivity contribution in [1.82, 2.24) is 4.72 Å². The molecule has 0 heterocycles. The maximum absolute atomic E-state index is 12.0. The van der Waals surface area contributed by atoms with Gasteiger partial charge in [-0.25, -0.2) is 13.1 Å². The molecule has 0 radical (unpaired) electrons. The van der Waals surface area contributed by atoms with E-state index in [-0.39, 0.29) is 4.90 Å². The zero-order valence-corrected chi connectivity index (χ0v) is 12.8. The van der Waals surface area contributed by atoms with Gasteiger partial charge in [0.15, 0.2) is 0 Å². The fourth-order valence-corrected chi connectivity index (χ4v) is 2.90. The van der Waals surface area contributed by atoms with Gasteiger partial charge in [-0.15, -0.1) is 0 Å². The van der Waals surface area contributed by atoms with Crippen molar-refractivity contribution in [3.8, 4) is 5.75 Å². The summed E-state index contributed by atoms with van der Waals surface area (Å²) >= 11 is 0. The second-order valence-electron chi connectivity index (χ2n) is 4.37. The van der Waals surface area contributed by atoms with Crippen LogP contribution >= 0.6 is 0 Å². The van der Waals surface area contributed by atoms with Crippen molar-refractivity contribution >= 4 is 15.7 Å². The summed E-state index contributed by atoms with van der Waals surface area (Å²) < 4.78 is 31.6. The molecule has 0 aliphatic carbocycles. The van der Waals surface area contributed by atoms with Crippen molar-refractivity contribution in [3.63, 3.8) is 0 Å². The van der Waals surface area contributed by atoms with E-state index in [1.807, 2.05) is 24.3 Å². The molecule has 0 aliphatic heterocycles. The summed E-state index contributed by atoms with van der Waals surface area (Å²) in [5.41, 5.74) is 1.51.